The van der Waals surface area contributed by atoms with E-state index in [1.807, 2.05) is 13.0 Å². The van der Waals surface area contributed by atoms with Crippen LogP contribution in [0.5, 0.6) is 0 Å². The average Bonchev–Trinajstić information content (AvgIpc) is 2.81. The first kappa shape index (κ1) is 14.7. The van der Waals surface area contributed by atoms with Gasteiger partial charge < -0.3 is 10.6 Å². The summed E-state index contributed by atoms with van der Waals surface area (Å²) in [4.78, 5) is 23.6. The number of allylic oxidation sites excluding steroid dienone is 1. The van der Waals surface area contributed by atoms with Gasteiger partial charge in [-0.05, 0) is 33.1 Å². The molecule has 1 aliphatic rings. The number of nitrogens with one attached hydrogen (secondary N) is 2. The molecule has 4 nitrogen and oxygen atoms in total. The molecule has 0 aromatic rings. The SMILES string of the molecule is CC/C=C(\C)C(=O)NC(C)C(=O)NC1CCCC1. The van der Waals surface area contributed by atoms with Gasteiger partial charge in [0.1, 0.15) is 6.04 Å². The molecule has 2 amide bonds. The molecule has 0 radical (unpaired) electrons. The Labute approximate surface area is 109 Å². The molecule has 1 aliphatic carbocycles. The molecule has 0 aliphatic heterocycles. The first-order chi connectivity index (χ1) is 8.54. The highest BCUT2D eigenvalue weighted by molar-refractivity contribution is 5.96. The van der Waals surface area contributed by atoms with Crippen LogP contribution < -0.4 is 10.6 Å². The third-order valence-electron chi connectivity index (χ3n) is 3.31. The maximum Gasteiger partial charge on any atom is 0.247 e. The topological polar surface area (TPSA) is 58.2 Å². The van der Waals surface area contributed by atoms with Crippen LogP contribution in [0.15, 0.2) is 11.6 Å². The lowest BCUT2D eigenvalue weighted by atomic mass is 10.2. The second kappa shape index (κ2) is 7.19. The minimum absolute atomic E-state index is 0.0838. The van der Waals surface area contributed by atoms with Crippen molar-refractivity contribution in [2.75, 3.05) is 0 Å². The second-order valence-corrected chi connectivity index (χ2v) is 4.98. The molecule has 2 N–H and O–H groups in total. The molecular weight excluding hydrogens is 228 g/mol. The minimum Gasteiger partial charge on any atom is -0.352 e. The van der Waals surface area contributed by atoms with E-state index < -0.39 is 6.04 Å². The summed E-state index contributed by atoms with van der Waals surface area (Å²) in [6, 6.07) is -0.178. The first-order valence-corrected chi connectivity index (χ1v) is 6.82. The van der Waals surface area contributed by atoms with Crippen LogP contribution in [0.3, 0.4) is 0 Å². The van der Waals surface area contributed by atoms with Crippen molar-refractivity contribution in [1.82, 2.24) is 10.6 Å². The molecule has 1 unspecified atom stereocenters. The molecule has 0 aromatic carbocycles. The van der Waals surface area contributed by atoms with E-state index in [1.165, 1.54) is 12.8 Å². The Morgan fingerprint density at radius 1 is 1.33 bits per heavy atom. The molecule has 18 heavy (non-hydrogen) atoms. The van der Waals surface area contributed by atoms with Gasteiger partial charge in [-0.3, -0.25) is 9.59 Å². The number of amides is 2. The predicted octanol–water partition coefficient (Wildman–Crippen LogP) is 1.91. The van der Waals surface area contributed by atoms with Crippen LogP contribution in [0, 0.1) is 0 Å². The summed E-state index contributed by atoms with van der Waals surface area (Å²) < 4.78 is 0. The second-order valence-electron chi connectivity index (χ2n) is 4.98. The van der Waals surface area contributed by atoms with E-state index >= 15 is 0 Å². The summed E-state index contributed by atoms with van der Waals surface area (Å²) in [7, 11) is 0. The van der Waals surface area contributed by atoms with Gasteiger partial charge in [0.05, 0.1) is 0 Å². The Morgan fingerprint density at radius 2 is 1.94 bits per heavy atom. The molecule has 0 spiro atoms. The van der Waals surface area contributed by atoms with Crippen molar-refractivity contribution in [2.24, 2.45) is 0 Å². The van der Waals surface area contributed by atoms with E-state index in [4.69, 9.17) is 0 Å². The van der Waals surface area contributed by atoms with Crippen molar-refractivity contribution in [1.29, 1.82) is 0 Å². The van der Waals surface area contributed by atoms with Gasteiger partial charge in [0.2, 0.25) is 11.8 Å². The fraction of sp³-hybridized carbons (Fsp3) is 0.714. The smallest absolute Gasteiger partial charge is 0.247 e. The van der Waals surface area contributed by atoms with Crippen LogP contribution in [0.2, 0.25) is 0 Å². The maximum absolute atomic E-state index is 11.9. The van der Waals surface area contributed by atoms with Crippen LogP contribution in [0.25, 0.3) is 0 Å². The van der Waals surface area contributed by atoms with Gasteiger partial charge in [0, 0.05) is 11.6 Å². The lowest BCUT2D eigenvalue weighted by Gasteiger charge is -2.17. The van der Waals surface area contributed by atoms with Gasteiger partial charge in [0.15, 0.2) is 0 Å². The molecule has 0 bridgehead atoms. The Morgan fingerprint density at radius 3 is 2.50 bits per heavy atom. The molecule has 0 heterocycles. The molecule has 1 rings (SSSR count). The summed E-state index contributed by atoms with van der Waals surface area (Å²) in [5.74, 6) is -0.245. The van der Waals surface area contributed by atoms with Gasteiger partial charge in [-0.2, -0.15) is 0 Å². The summed E-state index contributed by atoms with van der Waals surface area (Å²) in [5.41, 5.74) is 0.665. The molecule has 0 saturated heterocycles. The van der Waals surface area contributed by atoms with Crippen molar-refractivity contribution < 1.29 is 9.59 Å². The normalized spacial score (nSPS) is 18.5. The summed E-state index contributed by atoms with van der Waals surface area (Å²) in [6.45, 7) is 5.47. The monoisotopic (exact) mass is 252 g/mol. The molecular formula is C14H24N2O2. The summed E-state index contributed by atoms with van der Waals surface area (Å²) in [6.07, 6.45) is 7.16. The Bertz CT molecular complexity index is 331. The van der Waals surface area contributed by atoms with Crippen molar-refractivity contribution in [3.63, 3.8) is 0 Å². The fourth-order valence-corrected chi connectivity index (χ4v) is 2.17. The largest absolute Gasteiger partial charge is 0.352 e. The number of hydrogen-bond acceptors (Lipinski definition) is 2. The number of carbonyl (C=O) groups excluding carboxylic acids is 2. The quantitative estimate of drug-likeness (QED) is 0.734. The van der Waals surface area contributed by atoms with Gasteiger partial charge in [-0.25, -0.2) is 0 Å². The Hall–Kier alpha value is -1.32. The fourth-order valence-electron chi connectivity index (χ4n) is 2.17. The summed E-state index contributed by atoms with van der Waals surface area (Å²) >= 11 is 0. The van der Waals surface area contributed by atoms with E-state index in [0.717, 1.165) is 19.3 Å². The Kier molecular flexibility index (Phi) is 5.89. The molecule has 1 saturated carbocycles. The van der Waals surface area contributed by atoms with Gasteiger partial charge in [0.25, 0.3) is 0 Å². The predicted molar refractivity (Wildman–Crippen MR) is 72.1 cm³/mol. The van der Waals surface area contributed by atoms with E-state index in [-0.39, 0.29) is 11.8 Å². The lowest BCUT2D eigenvalue weighted by Crippen LogP contribution is -2.47. The van der Waals surface area contributed by atoms with Crippen molar-refractivity contribution in [2.45, 2.75) is 65.0 Å². The zero-order chi connectivity index (χ0) is 13.5. The third-order valence-corrected chi connectivity index (χ3v) is 3.31. The van der Waals surface area contributed by atoms with E-state index in [1.54, 1.807) is 13.8 Å². The zero-order valence-corrected chi connectivity index (χ0v) is 11.6. The van der Waals surface area contributed by atoms with Gasteiger partial charge >= 0.3 is 0 Å². The standard InChI is InChI=1S/C14H24N2O2/c1-4-7-10(2)13(17)15-11(3)14(18)16-12-8-5-6-9-12/h7,11-12H,4-6,8-9H2,1-3H3,(H,15,17)(H,16,18)/b10-7+. The lowest BCUT2D eigenvalue weighted by molar-refractivity contribution is -0.127. The van der Waals surface area contributed by atoms with Crippen molar-refractivity contribution >= 4 is 11.8 Å². The number of carbonyl (C=O) groups is 2. The average molecular weight is 252 g/mol. The van der Waals surface area contributed by atoms with Gasteiger partial charge in [-0.1, -0.05) is 25.8 Å². The molecule has 0 aromatic heterocycles. The highest BCUT2D eigenvalue weighted by Crippen LogP contribution is 2.17. The molecule has 1 fully saturated rings. The van der Waals surface area contributed by atoms with Crippen LogP contribution in [0.1, 0.15) is 52.9 Å². The van der Waals surface area contributed by atoms with Crippen molar-refractivity contribution in [3.8, 4) is 0 Å². The van der Waals surface area contributed by atoms with E-state index in [9.17, 15) is 9.59 Å². The van der Waals surface area contributed by atoms with Crippen LogP contribution in [-0.4, -0.2) is 23.9 Å². The molecule has 1 atom stereocenters. The number of hydrogen-bond donors (Lipinski definition) is 2. The first-order valence-electron chi connectivity index (χ1n) is 6.82. The highest BCUT2D eigenvalue weighted by atomic mass is 16.2. The van der Waals surface area contributed by atoms with Crippen LogP contribution >= 0.6 is 0 Å². The molecule has 102 valence electrons. The third kappa shape index (κ3) is 4.51. The summed E-state index contributed by atoms with van der Waals surface area (Å²) in [5, 5.41) is 5.70. The molecule has 4 heteroatoms. The minimum atomic E-state index is -0.474. The Balaban J connectivity index is 2.39. The number of rotatable bonds is 5. The maximum atomic E-state index is 11.9. The van der Waals surface area contributed by atoms with Crippen molar-refractivity contribution in [3.05, 3.63) is 11.6 Å². The van der Waals surface area contributed by atoms with Crippen LogP contribution in [0.4, 0.5) is 0 Å². The highest BCUT2D eigenvalue weighted by Gasteiger charge is 2.21. The van der Waals surface area contributed by atoms with E-state index in [2.05, 4.69) is 10.6 Å². The zero-order valence-electron chi connectivity index (χ0n) is 11.6. The van der Waals surface area contributed by atoms with Gasteiger partial charge in [-0.15, -0.1) is 0 Å². The van der Waals surface area contributed by atoms with Crippen LogP contribution in [-0.2, 0) is 9.59 Å². The van der Waals surface area contributed by atoms with E-state index in [0.29, 0.717) is 11.6 Å².